The summed E-state index contributed by atoms with van der Waals surface area (Å²) in [5.74, 6) is 0.645. The first-order valence-corrected chi connectivity index (χ1v) is 8.84. The molecule has 0 aliphatic carbocycles. The lowest BCUT2D eigenvalue weighted by molar-refractivity contribution is 0.340. The quantitative estimate of drug-likeness (QED) is 0.625. The Balaban J connectivity index is 2.02. The zero-order valence-corrected chi connectivity index (χ0v) is 14.0. The van der Waals surface area contributed by atoms with Crippen LogP contribution in [0.25, 0.3) is 0 Å². The van der Waals surface area contributed by atoms with Crippen LogP contribution in [0.2, 0.25) is 0 Å². The Morgan fingerprint density at radius 1 is 1.13 bits per heavy atom. The normalized spacial score (nSPS) is 13.0. The minimum absolute atomic E-state index is 0.0132. The molecule has 0 spiro atoms. The lowest BCUT2D eigenvalue weighted by Crippen LogP contribution is -2.18. The van der Waals surface area contributed by atoms with E-state index in [2.05, 4.69) is 9.93 Å². The van der Waals surface area contributed by atoms with E-state index in [-0.39, 0.29) is 10.8 Å². The van der Waals surface area contributed by atoms with Gasteiger partial charge in [-0.1, -0.05) is 37.3 Å². The molecular weight excluding hydrogens is 312 g/mol. The number of hydrogen-bond donors (Lipinski definition) is 1. The highest BCUT2D eigenvalue weighted by molar-refractivity contribution is 7.89. The third-order valence-corrected chi connectivity index (χ3v) is 4.48. The molecule has 2 rings (SSSR count). The second kappa shape index (κ2) is 7.78. The van der Waals surface area contributed by atoms with Gasteiger partial charge in [0.05, 0.1) is 11.5 Å². The molecule has 0 heterocycles. The smallest absolute Gasteiger partial charge is 0.276 e. The van der Waals surface area contributed by atoms with E-state index in [1.807, 2.05) is 44.2 Å². The number of nitrogens with one attached hydrogen (secondary N) is 1. The van der Waals surface area contributed by atoms with Gasteiger partial charge in [-0.2, -0.15) is 13.5 Å². The van der Waals surface area contributed by atoms with Crippen molar-refractivity contribution in [2.45, 2.75) is 24.7 Å². The maximum absolute atomic E-state index is 12.2. The Labute approximate surface area is 137 Å². The Morgan fingerprint density at radius 2 is 1.78 bits per heavy atom. The van der Waals surface area contributed by atoms with Crippen molar-refractivity contribution in [2.24, 2.45) is 5.10 Å². The fourth-order valence-corrected chi connectivity index (χ4v) is 2.79. The highest BCUT2D eigenvalue weighted by atomic mass is 32.2. The van der Waals surface area contributed by atoms with E-state index in [0.29, 0.717) is 12.4 Å². The fraction of sp³-hybridized carbons (Fsp3) is 0.235. The number of rotatable bonds is 7. The van der Waals surface area contributed by atoms with E-state index in [9.17, 15) is 8.42 Å². The van der Waals surface area contributed by atoms with Gasteiger partial charge in [0.2, 0.25) is 0 Å². The monoisotopic (exact) mass is 332 g/mol. The first-order chi connectivity index (χ1) is 11.0. The summed E-state index contributed by atoms with van der Waals surface area (Å²) in [6, 6.07) is 16.0. The predicted molar refractivity (Wildman–Crippen MR) is 91.3 cm³/mol. The average molecular weight is 332 g/mol. The number of ether oxygens (including phenoxy) is 1. The van der Waals surface area contributed by atoms with Crippen LogP contribution in [-0.4, -0.2) is 21.2 Å². The van der Waals surface area contributed by atoms with Crippen molar-refractivity contribution >= 4 is 16.2 Å². The van der Waals surface area contributed by atoms with Gasteiger partial charge in [0.1, 0.15) is 5.75 Å². The summed E-state index contributed by atoms with van der Waals surface area (Å²) >= 11 is 0. The van der Waals surface area contributed by atoms with Crippen molar-refractivity contribution in [3.05, 3.63) is 60.2 Å². The maximum Gasteiger partial charge on any atom is 0.276 e. The molecule has 0 aliphatic rings. The average Bonchev–Trinajstić information content (AvgIpc) is 2.56. The van der Waals surface area contributed by atoms with Crippen LogP contribution in [0.1, 0.15) is 25.3 Å². The molecular formula is C17H20N2O3S. The largest absolute Gasteiger partial charge is 0.494 e. The number of nitrogens with zero attached hydrogens (tertiary/aromatic N) is 1. The Bertz CT molecular complexity index is 741. The Morgan fingerprint density at radius 3 is 2.39 bits per heavy atom. The molecule has 2 aromatic carbocycles. The molecule has 1 unspecified atom stereocenters. The van der Waals surface area contributed by atoms with Crippen LogP contribution < -0.4 is 9.57 Å². The van der Waals surface area contributed by atoms with Crippen LogP contribution in [0.4, 0.5) is 0 Å². The zero-order valence-electron chi connectivity index (χ0n) is 13.1. The molecule has 0 bridgehead atoms. The molecule has 0 saturated carbocycles. The van der Waals surface area contributed by atoms with Crippen molar-refractivity contribution in [3.8, 4) is 5.75 Å². The third kappa shape index (κ3) is 4.82. The van der Waals surface area contributed by atoms with Crippen LogP contribution in [0.5, 0.6) is 5.75 Å². The van der Waals surface area contributed by atoms with Crippen molar-refractivity contribution in [3.63, 3.8) is 0 Å². The SMILES string of the molecule is CCOc1ccc(S(=O)(=O)NN=CC(C)c2ccccc2)cc1. The van der Waals surface area contributed by atoms with E-state index < -0.39 is 10.0 Å². The standard InChI is InChI=1S/C17H20N2O3S/c1-3-22-16-9-11-17(12-10-16)23(20,21)19-18-13-14(2)15-7-5-4-6-8-15/h4-14,19H,3H2,1-2H3. The number of hydrogen-bond acceptors (Lipinski definition) is 4. The van der Waals surface area contributed by atoms with Crippen molar-refractivity contribution < 1.29 is 13.2 Å². The minimum Gasteiger partial charge on any atom is -0.494 e. The van der Waals surface area contributed by atoms with Crippen molar-refractivity contribution in [1.29, 1.82) is 0 Å². The summed E-state index contributed by atoms with van der Waals surface area (Å²) in [4.78, 5) is 2.37. The Kier molecular flexibility index (Phi) is 5.76. The van der Waals surface area contributed by atoms with Gasteiger partial charge in [-0.3, -0.25) is 0 Å². The highest BCUT2D eigenvalue weighted by Crippen LogP contribution is 2.16. The van der Waals surface area contributed by atoms with Crippen LogP contribution in [0.15, 0.2) is 64.6 Å². The van der Waals surface area contributed by atoms with Gasteiger partial charge in [0, 0.05) is 12.1 Å². The summed E-state index contributed by atoms with van der Waals surface area (Å²) in [6.45, 7) is 4.35. The van der Waals surface area contributed by atoms with Crippen LogP contribution in [0, 0.1) is 0 Å². The molecule has 0 saturated heterocycles. The summed E-state index contributed by atoms with van der Waals surface area (Å²) in [5.41, 5.74) is 1.07. The van der Waals surface area contributed by atoms with Crippen molar-refractivity contribution in [2.75, 3.05) is 6.61 Å². The number of benzene rings is 2. The van der Waals surface area contributed by atoms with E-state index in [1.54, 1.807) is 18.3 Å². The van der Waals surface area contributed by atoms with Gasteiger partial charge in [-0.15, -0.1) is 0 Å². The molecule has 122 valence electrons. The first-order valence-electron chi connectivity index (χ1n) is 7.35. The summed E-state index contributed by atoms with van der Waals surface area (Å²) < 4.78 is 29.6. The molecule has 0 amide bonds. The van der Waals surface area contributed by atoms with Gasteiger partial charge in [0.25, 0.3) is 10.0 Å². The van der Waals surface area contributed by atoms with E-state index >= 15 is 0 Å². The lowest BCUT2D eigenvalue weighted by atomic mass is 10.0. The summed E-state index contributed by atoms with van der Waals surface area (Å²) in [5, 5.41) is 3.86. The molecule has 1 atom stereocenters. The van der Waals surface area contributed by atoms with Gasteiger partial charge < -0.3 is 4.74 Å². The molecule has 6 heteroatoms. The predicted octanol–water partition coefficient (Wildman–Crippen LogP) is 3.15. The highest BCUT2D eigenvalue weighted by Gasteiger charge is 2.12. The number of sulfonamides is 1. The number of hydrazone groups is 1. The second-order valence-corrected chi connectivity index (χ2v) is 6.64. The van der Waals surface area contributed by atoms with Gasteiger partial charge >= 0.3 is 0 Å². The van der Waals surface area contributed by atoms with Gasteiger partial charge in [-0.25, -0.2) is 4.83 Å². The van der Waals surface area contributed by atoms with Crippen LogP contribution in [-0.2, 0) is 10.0 Å². The van der Waals surface area contributed by atoms with Gasteiger partial charge in [0.15, 0.2) is 0 Å². The molecule has 0 aliphatic heterocycles. The molecule has 2 aromatic rings. The van der Waals surface area contributed by atoms with E-state index in [4.69, 9.17) is 4.74 Å². The summed E-state index contributed by atoms with van der Waals surface area (Å²) in [6.07, 6.45) is 1.57. The van der Waals surface area contributed by atoms with E-state index in [0.717, 1.165) is 5.56 Å². The van der Waals surface area contributed by atoms with Gasteiger partial charge in [-0.05, 0) is 36.8 Å². The van der Waals surface area contributed by atoms with Crippen molar-refractivity contribution in [1.82, 2.24) is 4.83 Å². The molecule has 23 heavy (non-hydrogen) atoms. The maximum atomic E-state index is 12.2. The summed E-state index contributed by atoms with van der Waals surface area (Å²) in [7, 11) is -3.67. The lowest BCUT2D eigenvalue weighted by Gasteiger charge is -2.07. The second-order valence-electron chi connectivity index (χ2n) is 4.98. The molecule has 1 N–H and O–H groups in total. The molecule has 0 fully saturated rings. The minimum atomic E-state index is -3.67. The topological polar surface area (TPSA) is 67.8 Å². The van der Waals surface area contributed by atoms with E-state index in [1.165, 1.54) is 12.1 Å². The Hall–Kier alpha value is -2.34. The third-order valence-electron chi connectivity index (χ3n) is 3.24. The fourth-order valence-electron chi connectivity index (χ4n) is 1.99. The zero-order chi connectivity index (χ0) is 16.7. The molecule has 0 radical (unpaired) electrons. The van der Waals surface area contributed by atoms with Crippen LogP contribution >= 0.6 is 0 Å². The van der Waals surface area contributed by atoms with Crippen LogP contribution in [0.3, 0.4) is 0 Å². The molecule has 5 nitrogen and oxygen atoms in total. The first kappa shape index (κ1) is 17.0. The molecule has 0 aromatic heterocycles.